The van der Waals surface area contributed by atoms with E-state index in [0.29, 0.717) is 10.0 Å². The van der Waals surface area contributed by atoms with Gasteiger partial charge in [-0.15, -0.1) is 11.3 Å². The van der Waals surface area contributed by atoms with Gasteiger partial charge in [0.15, 0.2) is 0 Å². The van der Waals surface area contributed by atoms with Crippen LogP contribution in [0, 0.1) is 13.5 Å². The second kappa shape index (κ2) is 4.69. The van der Waals surface area contributed by atoms with Crippen molar-refractivity contribution in [3.8, 4) is 0 Å². The number of aliphatic carboxylic acids is 1. The third kappa shape index (κ3) is 2.23. The molecule has 7 heteroatoms. The number of nitrogens with zero attached hydrogens (tertiary/aromatic N) is 3. The summed E-state index contributed by atoms with van der Waals surface area (Å²) in [6.07, 6.45) is 1.40. The molecule has 0 bridgehead atoms. The monoisotopic (exact) mass is 265 g/mol. The van der Waals surface area contributed by atoms with Crippen molar-refractivity contribution in [2.45, 2.75) is 11.9 Å². The zero-order valence-corrected chi connectivity index (χ0v) is 10.4. The molecule has 0 amide bonds. The summed E-state index contributed by atoms with van der Waals surface area (Å²) in [7, 11) is 0. The number of aromatic nitrogens is 2. The van der Waals surface area contributed by atoms with Gasteiger partial charge in [0, 0.05) is 0 Å². The third-order valence-electron chi connectivity index (χ3n) is 2.08. The molecule has 0 aliphatic heterocycles. The molecule has 0 spiro atoms. The zero-order chi connectivity index (χ0) is 12.4. The predicted molar refractivity (Wildman–Crippen MR) is 66.8 cm³/mol. The van der Waals surface area contributed by atoms with E-state index in [9.17, 15) is 4.79 Å². The van der Waals surface area contributed by atoms with Crippen molar-refractivity contribution < 1.29 is 9.90 Å². The Morgan fingerprint density at radius 3 is 3.06 bits per heavy atom. The fourth-order valence-corrected chi connectivity index (χ4v) is 3.17. The largest absolute Gasteiger partial charge is 0.481 e. The van der Waals surface area contributed by atoms with E-state index in [1.807, 2.05) is 6.92 Å². The molecular weight excluding hydrogens is 258 g/mol. The van der Waals surface area contributed by atoms with E-state index in [4.69, 9.17) is 11.7 Å². The van der Waals surface area contributed by atoms with Gasteiger partial charge < -0.3 is 5.11 Å². The Balaban J connectivity index is 2.51. The van der Waals surface area contributed by atoms with Crippen molar-refractivity contribution in [2.75, 3.05) is 5.75 Å². The lowest BCUT2D eigenvalue weighted by Crippen LogP contribution is -1.98. The Bertz CT molecular complexity index is 630. The second-order valence-electron chi connectivity index (χ2n) is 3.18. The van der Waals surface area contributed by atoms with Gasteiger partial charge in [0.2, 0.25) is 5.00 Å². The Morgan fingerprint density at radius 2 is 2.41 bits per heavy atom. The highest BCUT2D eigenvalue weighted by molar-refractivity contribution is 8.00. The van der Waals surface area contributed by atoms with Crippen LogP contribution in [0.3, 0.4) is 0 Å². The molecule has 0 aromatic carbocycles. The van der Waals surface area contributed by atoms with Crippen molar-refractivity contribution >= 4 is 44.3 Å². The fourth-order valence-electron chi connectivity index (χ4n) is 1.33. The van der Waals surface area contributed by atoms with Crippen LogP contribution in [0.1, 0.15) is 5.56 Å². The van der Waals surface area contributed by atoms with Crippen LogP contribution in [0.2, 0.25) is 0 Å². The maximum absolute atomic E-state index is 10.5. The van der Waals surface area contributed by atoms with Gasteiger partial charge in [-0.05, 0) is 12.5 Å². The molecule has 17 heavy (non-hydrogen) atoms. The highest BCUT2D eigenvalue weighted by Crippen LogP contribution is 2.39. The summed E-state index contributed by atoms with van der Waals surface area (Å²) in [6, 6.07) is 0. The molecular formula is C10H7N3O2S2. The second-order valence-corrected chi connectivity index (χ2v) is 5.15. The van der Waals surface area contributed by atoms with Gasteiger partial charge in [0.1, 0.15) is 11.4 Å². The Hall–Kier alpha value is -1.65. The lowest BCUT2D eigenvalue weighted by atomic mass is 10.3. The van der Waals surface area contributed by atoms with Gasteiger partial charge in [0.05, 0.1) is 22.5 Å². The molecule has 0 aliphatic carbocycles. The van der Waals surface area contributed by atoms with Crippen LogP contribution in [0.4, 0.5) is 5.00 Å². The first-order valence-electron chi connectivity index (χ1n) is 4.59. The molecule has 0 unspecified atom stereocenters. The van der Waals surface area contributed by atoms with Gasteiger partial charge in [-0.2, -0.15) is 0 Å². The Morgan fingerprint density at radius 1 is 1.65 bits per heavy atom. The fraction of sp³-hybridized carbons (Fsp3) is 0.200. The molecule has 1 N–H and O–H groups in total. The van der Waals surface area contributed by atoms with Gasteiger partial charge >= 0.3 is 5.97 Å². The molecule has 2 heterocycles. The number of fused-ring (bicyclic) bond motifs is 1. The van der Waals surface area contributed by atoms with E-state index in [2.05, 4.69) is 14.8 Å². The number of thiophene rings is 1. The summed E-state index contributed by atoms with van der Waals surface area (Å²) in [5.74, 6) is -0.934. The van der Waals surface area contributed by atoms with Gasteiger partial charge in [0.25, 0.3) is 0 Å². The quantitative estimate of drug-likeness (QED) is 0.525. The van der Waals surface area contributed by atoms with Crippen LogP contribution in [-0.4, -0.2) is 26.8 Å². The molecule has 2 rings (SSSR count). The summed E-state index contributed by atoms with van der Waals surface area (Å²) < 4.78 is 0.794. The number of thioether (sulfide) groups is 1. The third-order valence-corrected chi connectivity index (χ3v) is 4.36. The minimum Gasteiger partial charge on any atom is -0.481 e. The van der Waals surface area contributed by atoms with Crippen LogP contribution in [-0.2, 0) is 4.79 Å². The average molecular weight is 265 g/mol. The number of rotatable bonds is 3. The number of carboxylic acid groups (broad SMARTS) is 1. The molecule has 5 nitrogen and oxygen atoms in total. The highest BCUT2D eigenvalue weighted by atomic mass is 32.2. The average Bonchev–Trinajstić information content (AvgIpc) is 2.64. The summed E-state index contributed by atoms with van der Waals surface area (Å²) >= 11 is 2.46. The minimum absolute atomic E-state index is 0.0452. The predicted octanol–water partition coefficient (Wildman–Crippen LogP) is 2.73. The molecule has 2 aromatic rings. The molecule has 0 atom stereocenters. The van der Waals surface area contributed by atoms with E-state index < -0.39 is 5.97 Å². The number of hydrogen-bond acceptors (Lipinski definition) is 5. The summed E-state index contributed by atoms with van der Waals surface area (Å²) in [6.45, 7) is 8.88. The topological polar surface area (TPSA) is 67.4 Å². The lowest BCUT2D eigenvalue weighted by Gasteiger charge is -1.98. The molecule has 0 fully saturated rings. The Kier molecular flexibility index (Phi) is 3.26. The van der Waals surface area contributed by atoms with Crippen LogP contribution in [0.5, 0.6) is 0 Å². The normalized spacial score (nSPS) is 10.4. The first-order chi connectivity index (χ1) is 8.13. The SMILES string of the molecule is [C-]#[N+]c1sc2c(SCC(=O)O)ncnc2c1C. The maximum atomic E-state index is 10.5. The van der Waals surface area contributed by atoms with Gasteiger partial charge in [-0.1, -0.05) is 11.8 Å². The minimum atomic E-state index is -0.888. The number of aryl methyl sites for hydroxylation is 1. The summed E-state index contributed by atoms with van der Waals surface area (Å²) in [5, 5.41) is 9.85. The molecule has 2 aromatic heterocycles. The first kappa shape index (κ1) is 11.8. The summed E-state index contributed by atoms with van der Waals surface area (Å²) in [5.41, 5.74) is 1.57. The van der Waals surface area contributed by atoms with E-state index in [0.717, 1.165) is 27.5 Å². The van der Waals surface area contributed by atoms with Crippen LogP contribution in [0.15, 0.2) is 11.4 Å². The van der Waals surface area contributed by atoms with Gasteiger partial charge in [-0.25, -0.2) is 14.8 Å². The lowest BCUT2D eigenvalue weighted by molar-refractivity contribution is -0.133. The van der Waals surface area contributed by atoms with Gasteiger partial charge in [-0.3, -0.25) is 4.79 Å². The van der Waals surface area contributed by atoms with Crippen LogP contribution in [0.25, 0.3) is 15.1 Å². The molecule has 0 radical (unpaired) electrons. The van der Waals surface area contributed by atoms with E-state index in [1.54, 1.807) is 0 Å². The van der Waals surface area contributed by atoms with E-state index in [-0.39, 0.29) is 5.75 Å². The van der Waals surface area contributed by atoms with Crippen molar-refractivity contribution in [1.29, 1.82) is 0 Å². The van der Waals surface area contributed by atoms with Crippen molar-refractivity contribution in [3.05, 3.63) is 23.3 Å². The number of hydrogen-bond donors (Lipinski definition) is 1. The maximum Gasteiger partial charge on any atom is 0.313 e. The molecule has 0 saturated carbocycles. The molecule has 86 valence electrons. The van der Waals surface area contributed by atoms with Crippen molar-refractivity contribution in [1.82, 2.24) is 9.97 Å². The summed E-state index contributed by atoms with van der Waals surface area (Å²) in [4.78, 5) is 22.1. The molecule has 0 saturated heterocycles. The standard InChI is InChI=1S/C10H7N3O2S2/c1-5-7-8(17-9(5)11-2)10(13-4-12-7)16-3-6(14)15/h4H,3H2,1H3,(H,14,15). The first-order valence-corrected chi connectivity index (χ1v) is 6.40. The highest BCUT2D eigenvalue weighted by Gasteiger charge is 2.14. The smallest absolute Gasteiger partial charge is 0.313 e. The van der Waals surface area contributed by atoms with Crippen molar-refractivity contribution in [2.24, 2.45) is 0 Å². The molecule has 0 aliphatic rings. The van der Waals surface area contributed by atoms with Crippen LogP contribution < -0.4 is 0 Å². The Labute approximate surface area is 105 Å². The van der Waals surface area contributed by atoms with E-state index in [1.165, 1.54) is 17.7 Å². The van der Waals surface area contributed by atoms with Crippen LogP contribution >= 0.6 is 23.1 Å². The number of carboxylic acids is 1. The number of carbonyl (C=O) groups is 1. The zero-order valence-electron chi connectivity index (χ0n) is 8.80. The van der Waals surface area contributed by atoms with Crippen molar-refractivity contribution in [3.63, 3.8) is 0 Å². The van der Waals surface area contributed by atoms with E-state index >= 15 is 0 Å².